The van der Waals surface area contributed by atoms with E-state index in [1.165, 1.54) is 11.3 Å². The van der Waals surface area contributed by atoms with Gasteiger partial charge in [-0.15, -0.1) is 10.2 Å². The summed E-state index contributed by atoms with van der Waals surface area (Å²) in [5.41, 5.74) is 3.08. The van der Waals surface area contributed by atoms with E-state index in [0.29, 0.717) is 24.6 Å². The molecule has 3 heterocycles. The summed E-state index contributed by atoms with van der Waals surface area (Å²) in [4.78, 5) is 28.6. The number of hydrogen-bond acceptors (Lipinski definition) is 6. The average molecular weight is 400 g/mol. The molecule has 2 amide bonds. The fraction of sp³-hybridized carbons (Fsp3) is 0.500. The van der Waals surface area contributed by atoms with Crippen LogP contribution in [0.25, 0.3) is 0 Å². The summed E-state index contributed by atoms with van der Waals surface area (Å²) in [5, 5.41) is 13.1. The minimum atomic E-state index is -0.0885. The van der Waals surface area contributed by atoms with Crippen molar-refractivity contribution in [3.8, 4) is 0 Å². The van der Waals surface area contributed by atoms with Gasteiger partial charge in [-0.25, -0.2) is 0 Å². The number of aromatic nitrogens is 2. The second-order valence-corrected chi connectivity index (χ2v) is 8.54. The van der Waals surface area contributed by atoms with Crippen molar-refractivity contribution in [1.82, 2.24) is 10.2 Å². The van der Waals surface area contributed by atoms with Gasteiger partial charge < -0.3 is 10.2 Å². The van der Waals surface area contributed by atoms with Gasteiger partial charge in [0.2, 0.25) is 22.1 Å². The lowest BCUT2D eigenvalue weighted by Gasteiger charge is -2.31. The zero-order chi connectivity index (χ0) is 19.7. The molecule has 8 heteroatoms. The molecule has 1 aromatic heterocycles. The van der Waals surface area contributed by atoms with Gasteiger partial charge in [0.25, 0.3) is 0 Å². The summed E-state index contributed by atoms with van der Waals surface area (Å²) < 4.78 is 0. The van der Waals surface area contributed by atoms with E-state index in [-0.39, 0.29) is 17.7 Å². The predicted molar refractivity (Wildman–Crippen MR) is 111 cm³/mol. The molecule has 2 aromatic rings. The number of anilines is 3. The van der Waals surface area contributed by atoms with Gasteiger partial charge in [-0.1, -0.05) is 23.5 Å². The van der Waals surface area contributed by atoms with E-state index in [9.17, 15) is 9.59 Å². The fourth-order valence-corrected chi connectivity index (χ4v) is 4.69. The van der Waals surface area contributed by atoms with Gasteiger partial charge in [-0.2, -0.15) is 0 Å². The first-order chi connectivity index (χ1) is 13.5. The summed E-state index contributed by atoms with van der Waals surface area (Å²) in [6.07, 6.45) is 3.25. The van der Waals surface area contributed by atoms with Crippen LogP contribution < -0.4 is 15.1 Å². The van der Waals surface area contributed by atoms with Gasteiger partial charge in [-0.05, 0) is 50.3 Å². The Morgan fingerprint density at radius 1 is 1.18 bits per heavy atom. The number of amides is 2. The monoisotopic (exact) mass is 399 g/mol. The highest BCUT2D eigenvalue weighted by Gasteiger charge is 2.30. The molecule has 7 nitrogen and oxygen atoms in total. The van der Waals surface area contributed by atoms with E-state index >= 15 is 0 Å². The molecule has 0 unspecified atom stereocenters. The summed E-state index contributed by atoms with van der Waals surface area (Å²) in [7, 11) is 0. The second kappa shape index (κ2) is 7.87. The van der Waals surface area contributed by atoms with Gasteiger partial charge >= 0.3 is 0 Å². The van der Waals surface area contributed by atoms with Gasteiger partial charge in [0.05, 0.1) is 5.92 Å². The Morgan fingerprint density at radius 3 is 2.79 bits per heavy atom. The van der Waals surface area contributed by atoms with Crippen molar-refractivity contribution in [3.05, 3.63) is 29.3 Å². The molecule has 4 rings (SSSR count). The molecule has 2 aliphatic heterocycles. The first-order valence-electron chi connectivity index (χ1n) is 9.78. The standard InChI is InChI=1S/C20H25N5O2S/c1-13-7-8-14(2)16(11-13)21-18(27)15-5-3-9-24(12-15)19-22-23-20(28-19)25-10-4-6-17(25)26/h7-8,11,15H,3-6,9-10,12H2,1-2H3,(H,21,27)/t15-/m1/s1. The van der Waals surface area contributed by atoms with Crippen molar-refractivity contribution >= 4 is 39.1 Å². The number of carbonyl (C=O) groups is 2. The van der Waals surface area contributed by atoms with Crippen molar-refractivity contribution in [3.63, 3.8) is 0 Å². The first-order valence-corrected chi connectivity index (χ1v) is 10.6. The van der Waals surface area contributed by atoms with E-state index < -0.39 is 0 Å². The summed E-state index contributed by atoms with van der Waals surface area (Å²) in [6, 6.07) is 6.09. The van der Waals surface area contributed by atoms with Crippen LogP contribution in [0, 0.1) is 19.8 Å². The van der Waals surface area contributed by atoms with Crippen LogP contribution >= 0.6 is 11.3 Å². The van der Waals surface area contributed by atoms with Crippen molar-refractivity contribution in [2.75, 3.05) is 34.8 Å². The SMILES string of the molecule is Cc1ccc(C)c(NC(=O)[C@@H]2CCCN(c3nnc(N4CCCC4=O)s3)C2)c1. The molecule has 148 valence electrons. The fourth-order valence-electron chi connectivity index (χ4n) is 3.77. The molecule has 1 atom stereocenters. The van der Waals surface area contributed by atoms with Crippen LogP contribution in [0.4, 0.5) is 16.0 Å². The van der Waals surface area contributed by atoms with Gasteiger partial charge in [0.1, 0.15) is 0 Å². The number of carbonyl (C=O) groups excluding carboxylic acids is 2. The zero-order valence-electron chi connectivity index (χ0n) is 16.3. The Kier molecular flexibility index (Phi) is 5.30. The molecular formula is C20H25N5O2S. The number of aryl methyl sites for hydroxylation is 2. The molecular weight excluding hydrogens is 374 g/mol. The molecule has 2 aliphatic rings. The quantitative estimate of drug-likeness (QED) is 0.855. The van der Waals surface area contributed by atoms with E-state index in [1.54, 1.807) is 4.90 Å². The Bertz CT molecular complexity index is 896. The maximum absolute atomic E-state index is 12.8. The molecule has 2 fully saturated rings. The van der Waals surface area contributed by atoms with Crippen LogP contribution in [-0.2, 0) is 9.59 Å². The molecule has 0 spiro atoms. The van der Waals surface area contributed by atoms with E-state index in [1.807, 2.05) is 32.0 Å². The lowest BCUT2D eigenvalue weighted by atomic mass is 9.97. The number of nitrogens with zero attached hydrogens (tertiary/aromatic N) is 4. The minimum Gasteiger partial charge on any atom is -0.346 e. The van der Waals surface area contributed by atoms with Crippen LogP contribution in [0.1, 0.15) is 36.8 Å². The Hall–Kier alpha value is -2.48. The molecule has 0 saturated carbocycles. The van der Waals surface area contributed by atoms with E-state index in [0.717, 1.165) is 47.8 Å². The maximum atomic E-state index is 12.8. The molecule has 0 radical (unpaired) electrons. The molecule has 1 N–H and O–H groups in total. The topological polar surface area (TPSA) is 78.4 Å². The number of rotatable bonds is 4. The predicted octanol–water partition coefficient (Wildman–Crippen LogP) is 3.14. The summed E-state index contributed by atoms with van der Waals surface area (Å²) >= 11 is 1.44. The molecule has 28 heavy (non-hydrogen) atoms. The summed E-state index contributed by atoms with van der Waals surface area (Å²) in [6.45, 7) is 6.23. The largest absolute Gasteiger partial charge is 0.346 e. The van der Waals surface area contributed by atoms with Crippen LogP contribution in [0.5, 0.6) is 0 Å². The highest BCUT2D eigenvalue weighted by molar-refractivity contribution is 7.19. The minimum absolute atomic E-state index is 0.0536. The molecule has 0 bridgehead atoms. The Balaban J connectivity index is 1.43. The number of benzene rings is 1. The van der Waals surface area contributed by atoms with Crippen molar-refractivity contribution in [2.24, 2.45) is 5.92 Å². The van der Waals surface area contributed by atoms with Crippen LogP contribution in [0.3, 0.4) is 0 Å². The van der Waals surface area contributed by atoms with Gasteiger partial charge in [-0.3, -0.25) is 14.5 Å². The van der Waals surface area contributed by atoms with Crippen molar-refractivity contribution < 1.29 is 9.59 Å². The smallest absolute Gasteiger partial charge is 0.229 e. The number of hydrogen-bond donors (Lipinski definition) is 1. The molecule has 1 aromatic carbocycles. The number of piperidine rings is 1. The van der Waals surface area contributed by atoms with Gasteiger partial charge in [0.15, 0.2) is 0 Å². The first kappa shape index (κ1) is 18.9. The average Bonchev–Trinajstić information content (AvgIpc) is 3.33. The lowest BCUT2D eigenvalue weighted by Crippen LogP contribution is -2.40. The van der Waals surface area contributed by atoms with Crippen molar-refractivity contribution in [1.29, 1.82) is 0 Å². The third-order valence-corrected chi connectivity index (χ3v) is 6.43. The highest BCUT2D eigenvalue weighted by atomic mass is 32.1. The normalized spacial score (nSPS) is 19.9. The second-order valence-electron chi connectivity index (χ2n) is 7.61. The molecule has 2 saturated heterocycles. The highest BCUT2D eigenvalue weighted by Crippen LogP contribution is 2.32. The van der Waals surface area contributed by atoms with Crippen LogP contribution in [0.15, 0.2) is 18.2 Å². The van der Waals surface area contributed by atoms with Crippen molar-refractivity contribution in [2.45, 2.75) is 39.5 Å². The van der Waals surface area contributed by atoms with Crippen LogP contribution in [0.2, 0.25) is 0 Å². The summed E-state index contributed by atoms with van der Waals surface area (Å²) in [5.74, 6) is 0.0828. The third-order valence-electron chi connectivity index (χ3n) is 5.42. The Morgan fingerprint density at radius 2 is 2.00 bits per heavy atom. The number of nitrogens with one attached hydrogen (secondary N) is 1. The van der Waals surface area contributed by atoms with E-state index in [2.05, 4.69) is 20.4 Å². The zero-order valence-corrected chi connectivity index (χ0v) is 17.1. The lowest BCUT2D eigenvalue weighted by molar-refractivity contribution is -0.120. The Labute approximate surface area is 168 Å². The molecule has 0 aliphatic carbocycles. The maximum Gasteiger partial charge on any atom is 0.229 e. The van der Waals surface area contributed by atoms with Crippen LogP contribution in [-0.4, -0.2) is 41.6 Å². The van der Waals surface area contributed by atoms with Gasteiger partial charge in [0, 0.05) is 31.7 Å². The third kappa shape index (κ3) is 3.87. The van der Waals surface area contributed by atoms with E-state index in [4.69, 9.17) is 0 Å².